The van der Waals surface area contributed by atoms with Crippen molar-refractivity contribution in [3.05, 3.63) is 94.6 Å². The van der Waals surface area contributed by atoms with Crippen LogP contribution in [-0.2, 0) is 0 Å². The number of alkyl halides is 2. The third-order valence-corrected chi connectivity index (χ3v) is 5.10. The van der Waals surface area contributed by atoms with Gasteiger partial charge in [0.15, 0.2) is 5.82 Å². The molecule has 0 atom stereocenters. The first-order valence-corrected chi connectivity index (χ1v) is 9.87. The highest BCUT2D eigenvalue weighted by molar-refractivity contribution is 5.85. The van der Waals surface area contributed by atoms with Crippen molar-refractivity contribution < 1.29 is 17.9 Å². The normalized spacial score (nSPS) is 11.4. The molecule has 0 radical (unpaired) electrons. The zero-order valence-corrected chi connectivity index (χ0v) is 16.9. The molecule has 3 aromatic carbocycles. The number of ether oxygens (including phenoxy) is 1. The highest BCUT2D eigenvalue weighted by Crippen LogP contribution is 2.32. The van der Waals surface area contributed by atoms with Crippen LogP contribution < -0.4 is 10.2 Å². The molecule has 5 aromatic rings. The van der Waals surface area contributed by atoms with Crippen molar-refractivity contribution in [2.75, 3.05) is 0 Å². The Morgan fingerprint density at radius 2 is 1.66 bits per heavy atom. The van der Waals surface area contributed by atoms with Gasteiger partial charge in [-0.3, -0.25) is 4.79 Å². The summed E-state index contributed by atoms with van der Waals surface area (Å²) >= 11 is 0. The van der Waals surface area contributed by atoms with E-state index < -0.39 is 12.2 Å². The second-order valence-electron chi connectivity index (χ2n) is 7.19. The van der Waals surface area contributed by atoms with Gasteiger partial charge in [0.1, 0.15) is 17.1 Å². The van der Waals surface area contributed by atoms with Crippen LogP contribution in [0.5, 0.6) is 11.6 Å². The van der Waals surface area contributed by atoms with Gasteiger partial charge in [0.2, 0.25) is 11.3 Å². The van der Waals surface area contributed by atoms with Crippen molar-refractivity contribution in [1.82, 2.24) is 9.97 Å². The van der Waals surface area contributed by atoms with Crippen molar-refractivity contribution in [1.29, 1.82) is 0 Å². The molecule has 0 aliphatic heterocycles. The molecule has 7 heteroatoms. The van der Waals surface area contributed by atoms with Gasteiger partial charge in [0.25, 0.3) is 6.43 Å². The number of para-hydroxylation sites is 1. The van der Waals surface area contributed by atoms with Crippen molar-refractivity contribution >= 4 is 21.9 Å². The van der Waals surface area contributed by atoms with E-state index in [1.165, 1.54) is 0 Å². The molecule has 0 bridgehead atoms. The quantitative estimate of drug-likeness (QED) is 0.328. The lowest BCUT2D eigenvalue weighted by molar-refractivity contribution is 0.140. The number of rotatable bonds is 4. The van der Waals surface area contributed by atoms with E-state index in [1.54, 1.807) is 49.4 Å². The molecule has 0 amide bonds. The Hall–Kier alpha value is -4.13. The van der Waals surface area contributed by atoms with Crippen LogP contribution in [0.15, 0.2) is 82.0 Å². The van der Waals surface area contributed by atoms with Gasteiger partial charge in [-0.15, -0.1) is 0 Å². The van der Waals surface area contributed by atoms with Crippen molar-refractivity contribution in [2.24, 2.45) is 0 Å². The molecule has 0 spiro atoms. The molecule has 0 N–H and O–H groups in total. The van der Waals surface area contributed by atoms with Gasteiger partial charge in [-0.25, -0.2) is 13.8 Å². The molecule has 2 heterocycles. The molecule has 0 aliphatic rings. The van der Waals surface area contributed by atoms with Crippen LogP contribution in [0.1, 0.15) is 18.0 Å². The number of halogens is 2. The zero-order valence-electron chi connectivity index (χ0n) is 16.9. The fourth-order valence-corrected chi connectivity index (χ4v) is 3.64. The van der Waals surface area contributed by atoms with Gasteiger partial charge in [-0.05, 0) is 36.8 Å². The Labute approximate surface area is 180 Å². The SMILES string of the molecule is Cc1oc2cc(Oc3nc(C(F)F)nc4ccccc34)ccc2c(=O)c1-c1ccccc1. The average Bonchev–Trinajstić information content (AvgIpc) is 2.79. The lowest BCUT2D eigenvalue weighted by Crippen LogP contribution is -2.07. The molecule has 158 valence electrons. The summed E-state index contributed by atoms with van der Waals surface area (Å²) in [4.78, 5) is 20.9. The van der Waals surface area contributed by atoms with E-state index in [1.807, 2.05) is 30.3 Å². The van der Waals surface area contributed by atoms with Gasteiger partial charge >= 0.3 is 0 Å². The van der Waals surface area contributed by atoms with E-state index in [9.17, 15) is 13.6 Å². The molecule has 5 nitrogen and oxygen atoms in total. The van der Waals surface area contributed by atoms with Gasteiger partial charge in [0.05, 0.1) is 21.9 Å². The Bertz CT molecular complexity index is 1520. The number of aryl methyl sites for hydroxylation is 1. The average molecular weight is 430 g/mol. The number of fused-ring (bicyclic) bond motifs is 2. The predicted octanol–water partition coefficient (Wildman–Crippen LogP) is 6.44. The Morgan fingerprint density at radius 1 is 0.906 bits per heavy atom. The molecule has 0 fully saturated rings. The molecular formula is C25H16F2N2O3. The maximum Gasteiger partial charge on any atom is 0.297 e. The van der Waals surface area contributed by atoms with Crippen LogP contribution in [0.3, 0.4) is 0 Å². The van der Waals surface area contributed by atoms with Crippen molar-refractivity contribution in [3.63, 3.8) is 0 Å². The monoisotopic (exact) mass is 430 g/mol. The second kappa shape index (κ2) is 7.85. The second-order valence-corrected chi connectivity index (χ2v) is 7.19. The number of nitrogens with zero attached hydrogens (tertiary/aromatic N) is 2. The maximum atomic E-state index is 13.3. The Morgan fingerprint density at radius 3 is 2.44 bits per heavy atom. The predicted molar refractivity (Wildman–Crippen MR) is 117 cm³/mol. The Balaban J connectivity index is 1.61. The van der Waals surface area contributed by atoms with Crippen LogP contribution in [0.25, 0.3) is 33.0 Å². The standard InChI is InChI=1S/C25H16F2N2O3/c1-14-21(15-7-3-2-4-8-15)22(30)18-12-11-16(13-20(18)31-14)32-25-17-9-5-6-10-19(17)28-24(29-25)23(26)27/h2-13,23H,1H3. The first-order chi connectivity index (χ1) is 15.5. The van der Waals surface area contributed by atoms with E-state index in [2.05, 4.69) is 9.97 Å². The molecule has 0 unspecified atom stereocenters. The summed E-state index contributed by atoms with van der Waals surface area (Å²) in [5.74, 6) is 0.162. The third kappa shape index (κ3) is 3.47. The van der Waals surface area contributed by atoms with Crippen molar-refractivity contribution in [2.45, 2.75) is 13.3 Å². The van der Waals surface area contributed by atoms with E-state index >= 15 is 0 Å². The summed E-state index contributed by atoms with van der Waals surface area (Å²) in [5, 5.41) is 0.886. The summed E-state index contributed by atoms with van der Waals surface area (Å²) in [6, 6.07) is 20.8. The molecule has 0 saturated carbocycles. The van der Waals surface area contributed by atoms with E-state index in [-0.39, 0.29) is 11.3 Å². The summed E-state index contributed by atoms with van der Waals surface area (Å²) in [6.07, 6.45) is -2.84. The van der Waals surface area contributed by atoms with Crippen LogP contribution in [0.2, 0.25) is 0 Å². The summed E-state index contributed by atoms with van der Waals surface area (Å²) in [7, 11) is 0. The first-order valence-electron chi connectivity index (χ1n) is 9.87. The van der Waals surface area contributed by atoms with Crippen LogP contribution in [0, 0.1) is 6.92 Å². The van der Waals surface area contributed by atoms with Gasteiger partial charge in [-0.2, -0.15) is 4.98 Å². The third-order valence-electron chi connectivity index (χ3n) is 5.10. The summed E-state index contributed by atoms with van der Waals surface area (Å²) in [5.41, 5.74) is 1.79. The zero-order chi connectivity index (χ0) is 22.2. The largest absolute Gasteiger partial charge is 0.460 e. The van der Waals surface area contributed by atoms with Gasteiger partial charge in [-0.1, -0.05) is 42.5 Å². The minimum Gasteiger partial charge on any atom is -0.460 e. The topological polar surface area (TPSA) is 65.2 Å². The molecule has 5 rings (SSSR count). The molecule has 0 saturated heterocycles. The smallest absolute Gasteiger partial charge is 0.297 e. The van der Waals surface area contributed by atoms with Crippen LogP contribution in [-0.4, -0.2) is 9.97 Å². The van der Waals surface area contributed by atoms with E-state index in [0.29, 0.717) is 38.9 Å². The van der Waals surface area contributed by atoms with E-state index in [4.69, 9.17) is 9.15 Å². The van der Waals surface area contributed by atoms with E-state index in [0.717, 1.165) is 5.56 Å². The first kappa shape index (κ1) is 19.8. The number of aromatic nitrogens is 2. The number of benzene rings is 3. The fraction of sp³-hybridized carbons (Fsp3) is 0.0800. The molecule has 2 aromatic heterocycles. The summed E-state index contributed by atoms with van der Waals surface area (Å²) in [6.45, 7) is 1.73. The fourth-order valence-electron chi connectivity index (χ4n) is 3.64. The number of hydrogen-bond donors (Lipinski definition) is 0. The molecular weight excluding hydrogens is 414 g/mol. The highest BCUT2D eigenvalue weighted by atomic mass is 19.3. The Kier molecular flexibility index (Phi) is 4.86. The van der Waals surface area contributed by atoms with Gasteiger partial charge in [0, 0.05) is 6.07 Å². The molecule has 0 aliphatic carbocycles. The molecule has 32 heavy (non-hydrogen) atoms. The van der Waals surface area contributed by atoms with Gasteiger partial charge < -0.3 is 9.15 Å². The lowest BCUT2D eigenvalue weighted by atomic mass is 10.0. The minimum absolute atomic E-state index is 0.00484. The highest BCUT2D eigenvalue weighted by Gasteiger charge is 2.18. The minimum atomic E-state index is -2.84. The van der Waals surface area contributed by atoms with Crippen LogP contribution >= 0.6 is 0 Å². The number of hydrogen-bond acceptors (Lipinski definition) is 5. The maximum absolute atomic E-state index is 13.3. The van der Waals surface area contributed by atoms with Crippen LogP contribution in [0.4, 0.5) is 8.78 Å². The van der Waals surface area contributed by atoms with Crippen molar-refractivity contribution in [3.8, 4) is 22.8 Å². The summed E-state index contributed by atoms with van der Waals surface area (Å²) < 4.78 is 38.3. The lowest BCUT2D eigenvalue weighted by Gasteiger charge is -2.11.